The molecule has 2 aromatic rings. The van der Waals surface area contributed by atoms with Crippen LogP contribution < -0.4 is 14.8 Å². The van der Waals surface area contributed by atoms with E-state index in [0.717, 1.165) is 29.0 Å². The molecular formula is C21H29NO3. The summed E-state index contributed by atoms with van der Waals surface area (Å²) in [6.45, 7) is 8.04. The maximum Gasteiger partial charge on any atom is 0.161 e. The Morgan fingerprint density at radius 3 is 2.32 bits per heavy atom. The molecule has 0 amide bonds. The lowest BCUT2D eigenvalue weighted by molar-refractivity contribution is 0.238. The molecule has 136 valence electrons. The van der Waals surface area contributed by atoms with Crippen molar-refractivity contribution in [3.63, 3.8) is 0 Å². The summed E-state index contributed by atoms with van der Waals surface area (Å²) in [5, 5.41) is 12.6. The highest BCUT2D eigenvalue weighted by atomic mass is 16.5. The van der Waals surface area contributed by atoms with Gasteiger partial charge in [0.2, 0.25) is 0 Å². The van der Waals surface area contributed by atoms with Crippen LogP contribution >= 0.6 is 0 Å². The second kappa shape index (κ2) is 10.1. The van der Waals surface area contributed by atoms with E-state index in [-0.39, 0.29) is 12.6 Å². The molecular weight excluding hydrogens is 314 g/mol. The molecule has 0 fully saturated rings. The van der Waals surface area contributed by atoms with E-state index in [1.54, 1.807) is 0 Å². The minimum absolute atomic E-state index is 0.119. The lowest BCUT2D eigenvalue weighted by Gasteiger charge is -2.16. The largest absolute Gasteiger partial charge is 0.490 e. The zero-order valence-corrected chi connectivity index (χ0v) is 15.4. The Labute approximate surface area is 150 Å². The van der Waals surface area contributed by atoms with Crippen molar-refractivity contribution >= 4 is 0 Å². The van der Waals surface area contributed by atoms with Crippen LogP contribution in [0.3, 0.4) is 0 Å². The average molecular weight is 343 g/mol. The molecule has 1 atom stereocenters. The highest BCUT2D eigenvalue weighted by Gasteiger charge is 2.09. The maximum atomic E-state index is 9.28. The van der Waals surface area contributed by atoms with Crippen LogP contribution in [0.4, 0.5) is 0 Å². The molecule has 2 N–H and O–H groups in total. The average Bonchev–Trinajstić information content (AvgIpc) is 2.63. The first-order valence-corrected chi connectivity index (χ1v) is 8.94. The van der Waals surface area contributed by atoms with Crippen LogP contribution in [0.2, 0.25) is 0 Å². The fraction of sp³-hybridized carbons (Fsp3) is 0.429. The lowest BCUT2D eigenvalue weighted by Crippen LogP contribution is -2.31. The number of aryl methyl sites for hydroxylation is 1. The second-order valence-electron chi connectivity index (χ2n) is 6.16. The molecule has 0 saturated heterocycles. The Balaban J connectivity index is 2.03. The highest BCUT2D eigenvalue weighted by Crippen LogP contribution is 2.29. The van der Waals surface area contributed by atoms with Gasteiger partial charge >= 0.3 is 0 Å². The molecule has 0 heterocycles. The monoisotopic (exact) mass is 343 g/mol. The summed E-state index contributed by atoms with van der Waals surface area (Å²) in [6, 6.07) is 14.4. The number of benzene rings is 2. The summed E-state index contributed by atoms with van der Waals surface area (Å²) in [6.07, 6.45) is 0.895. The first-order chi connectivity index (χ1) is 12.2. The Kier molecular flexibility index (Phi) is 7.76. The van der Waals surface area contributed by atoms with Gasteiger partial charge in [0.15, 0.2) is 11.5 Å². The van der Waals surface area contributed by atoms with Crippen LogP contribution in [0.1, 0.15) is 37.0 Å². The van der Waals surface area contributed by atoms with Gasteiger partial charge in [-0.1, -0.05) is 42.8 Å². The van der Waals surface area contributed by atoms with Crippen molar-refractivity contribution in [2.24, 2.45) is 0 Å². The van der Waals surface area contributed by atoms with Gasteiger partial charge in [-0.3, -0.25) is 0 Å². The lowest BCUT2D eigenvalue weighted by atomic mass is 10.1. The van der Waals surface area contributed by atoms with Gasteiger partial charge in [0.05, 0.1) is 13.2 Å². The summed E-state index contributed by atoms with van der Waals surface area (Å²) in [5.74, 6) is 1.51. The molecule has 0 radical (unpaired) electrons. The van der Waals surface area contributed by atoms with E-state index in [1.165, 1.54) is 5.56 Å². The van der Waals surface area contributed by atoms with Crippen molar-refractivity contribution in [1.82, 2.24) is 5.32 Å². The molecule has 25 heavy (non-hydrogen) atoms. The van der Waals surface area contributed by atoms with Gasteiger partial charge in [-0.2, -0.15) is 0 Å². The molecule has 0 saturated carbocycles. The van der Waals surface area contributed by atoms with Gasteiger partial charge in [-0.25, -0.2) is 0 Å². The zero-order chi connectivity index (χ0) is 18.1. The molecule has 4 nitrogen and oxygen atoms in total. The van der Waals surface area contributed by atoms with Crippen LogP contribution in [0.25, 0.3) is 0 Å². The molecule has 0 spiro atoms. The first-order valence-electron chi connectivity index (χ1n) is 8.94. The maximum absolute atomic E-state index is 9.28. The zero-order valence-electron chi connectivity index (χ0n) is 15.4. The summed E-state index contributed by atoms with van der Waals surface area (Å²) in [7, 11) is 0. The van der Waals surface area contributed by atoms with E-state index in [1.807, 2.05) is 25.1 Å². The Morgan fingerprint density at radius 2 is 1.68 bits per heavy atom. The van der Waals surface area contributed by atoms with Crippen LogP contribution in [0, 0.1) is 6.92 Å². The number of aliphatic hydroxyl groups is 1. The molecule has 4 heteroatoms. The Morgan fingerprint density at radius 1 is 0.960 bits per heavy atom. The van der Waals surface area contributed by atoms with Crippen LogP contribution in [-0.4, -0.2) is 24.4 Å². The number of nitrogens with one attached hydrogen (secondary N) is 1. The Bertz CT molecular complexity index is 636. The summed E-state index contributed by atoms with van der Waals surface area (Å²) < 4.78 is 11.7. The SMILES string of the molecule is CCOc1cc(CN[C@@H](CC)CO)ccc1OCc1ccc(C)cc1. The van der Waals surface area contributed by atoms with Crippen LogP contribution in [0.15, 0.2) is 42.5 Å². The molecule has 0 aliphatic carbocycles. The second-order valence-corrected chi connectivity index (χ2v) is 6.16. The fourth-order valence-electron chi connectivity index (χ4n) is 2.50. The quantitative estimate of drug-likeness (QED) is 0.688. The van der Waals surface area contributed by atoms with Crippen molar-refractivity contribution in [1.29, 1.82) is 0 Å². The van der Waals surface area contributed by atoms with Crippen LogP contribution in [-0.2, 0) is 13.2 Å². The van der Waals surface area contributed by atoms with Gasteiger partial charge in [0.25, 0.3) is 0 Å². The van der Waals surface area contributed by atoms with Crippen molar-refractivity contribution in [2.45, 2.75) is 46.4 Å². The standard InChI is InChI=1S/C21H29NO3/c1-4-19(14-23)22-13-18-10-11-20(21(12-18)24-5-2)25-15-17-8-6-16(3)7-9-17/h6-12,19,22-23H,4-5,13-15H2,1-3H3/t19-/m0/s1. The molecule has 2 rings (SSSR count). The third-order valence-electron chi connectivity index (χ3n) is 4.13. The van der Waals surface area contributed by atoms with Crippen molar-refractivity contribution in [2.75, 3.05) is 13.2 Å². The van der Waals surface area contributed by atoms with Crippen molar-refractivity contribution < 1.29 is 14.6 Å². The van der Waals surface area contributed by atoms with Gasteiger partial charge in [0, 0.05) is 12.6 Å². The molecule has 2 aromatic carbocycles. The topological polar surface area (TPSA) is 50.7 Å². The number of hydrogen-bond donors (Lipinski definition) is 2. The smallest absolute Gasteiger partial charge is 0.161 e. The van der Waals surface area contributed by atoms with E-state index in [0.29, 0.717) is 19.8 Å². The molecule has 0 aliphatic rings. The van der Waals surface area contributed by atoms with E-state index in [4.69, 9.17) is 9.47 Å². The van der Waals surface area contributed by atoms with Gasteiger partial charge < -0.3 is 19.9 Å². The predicted octanol–water partition coefficient (Wildman–Crippen LogP) is 3.83. The highest BCUT2D eigenvalue weighted by molar-refractivity contribution is 5.43. The number of ether oxygens (including phenoxy) is 2. The summed E-state index contributed by atoms with van der Waals surface area (Å²) in [4.78, 5) is 0. The minimum atomic E-state index is 0.119. The number of rotatable bonds is 10. The van der Waals surface area contributed by atoms with Gasteiger partial charge in [-0.15, -0.1) is 0 Å². The van der Waals surface area contributed by atoms with Gasteiger partial charge in [-0.05, 0) is 43.5 Å². The first kappa shape index (κ1) is 19.3. The molecule has 0 unspecified atom stereocenters. The summed E-state index contributed by atoms with van der Waals surface area (Å²) >= 11 is 0. The van der Waals surface area contributed by atoms with Crippen molar-refractivity contribution in [3.8, 4) is 11.5 Å². The van der Waals surface area contributed by atoms with Crippen molar-refractivity contribution in [3.05, 3.63) is 59.2 Å². The Hall–Kier alpha value is -2.04. The summed E-state index contributed by atoms with van der Waals surface area (Å²) in [5.41, 5.74) is 3.48. The molecule has 0 bridgehead atoms. The van der Waals surface area contributed by atoms with Crippen LogP contribution in [0.5, 0.6) is 11.5 Å². The third-order valence-corrected chi connectivity index (χ3v) is 4.13. The van der Waals surface area contributed by atoms with Gasteiger partial charge in [0.1, 0.15) is 6.61 Å². The number of hydrogen-bond acceptors (Lipinski definition) is 4. The minimum Gasteiger partial charge on any atom is -0.490 e. The molecule has 0 aromatic heterocycles. The fourth-order valence-corrected chi connectivity index (χ4v) is 2.50. The van der Waals surface area contributed by atoms with E-state index >= 15 is 0 Å². The normalized spacial score (nSPS) is 12.0. The van der Waals surface area contributed by atoms with E-state index in [2.05, 4.69) is 43.4 Å². The van der Waals surface area contributed by atoms with E-state index < -0.39 is 0 Å². The molecule has 0 aliphatic heterocycles. The van der Waals surface area contributed by atoms with E-state index in [9.17, 15) is 5.11 Å². The predicted molar refractivity (Wildman–Crippen MR) is 101 cm³/mol. The number of aliphatic hydroxyl groups excluding tert-OH is 1. The third kappa shape index (κ3) is 6.07.